The van der Waals surface area contributed by atoms with Gasteiger partial charge in [-0.05, 0) is 84.9 Å². The molecule has 0 saturated carbocycles. The summed E-state index contributed by atoms with van der Waals surface area (Å²) in [7, 11) is 0. The number of benzene rings is 3. The molecule has 0 saturated heterocycles. The zero-order valence-electron chi connectivity index (χ0n) is 19.7. The Hall–Kier alpha value is -1.29. The van der Waals surface area contributed by atoms with Gasteiger partial charge in [-0.3, -0.25) is 0 Å². The lowest BCUT2D eigenvalue weighted by Gasteiger charge is -2.24. The van der Waals surface area contributed by atoms with E-state index in [1.165, 1.54) is 50.1 Å². The first-order valence-corrected chi connectivity index (χ1v) is 12.1. The van der Waals surface area contributed by atoms with Gasteiger partial charge in [-0.25, -0.2) is 0 Å². The highest BCUT2D eigenvalue weighted by Crippen LogP contribution is 2.34. The van der Waals surface area contributed by atoms with E-state index in [4.69, 9.17) is 37.9 Å². The van der Waals surface area contributed by atoms with Crippen molar-refractivity contribution in [3.05, 3.63) is 86.5 Å². The topological polar surface area (TPSA) is 0 Å². The molecule has 0 radical (unpaired) electrons. The van der Waals surface area contributed by atoms with E-state index in [-0.39, 0.29) is 5.41 Å². The van der Waals surface area contributed by atoms with Gasteiger partial charge in [-0.15, -0.1) is 37.9 Å². The summed E-state index contributed by atoms with van der Waals surface area (Å²) in [4.78, 5) is 3.23. The fourth-order valence-electron chi connectivity index (χ4n) is 4.24. The number of thiol groups is 3. The third kappa shape index (κ3) is 5.56. The lowest BCUT2D eigenvalue weighted by atomic mass is 9.83. The fraction of sp³-hybridized carbons (Fsp3) is 0.357. The van der Waals surface area contributed by atoms with Gasteiger partial charge < -0.3 is 0 Å². The highest BCUT2D eigenvalue weighted by molar-refractivity contribution is 7.80. The van der Waals surface area contributed by atoms with E-state index in [0.717, 1.165) is 27.5 Å². The molecule has 0 fully saturated rings. The van der Waals surface area contributed by atoms with Crippen molar-refractivity contribution in [1.82, 2.24) is 0 Å². The maximum absolute atomic E-state index is 5.04. The van der Waals surface area contributed by atoms with Gasteiger partial charge in [0.2, 0.25) is 0 Å². The minimum atomic E-state index is 0.0591. The van der Waals surface area contributed by atoms with E-state index < -0.39 is 0 Å². The van der Waals surface area contributed by atoms with Crippen molar-refractivity contribution in [1.29, 1.82) is 0 Å². The summed E-state index contributed by atoms with van der Waals surface area (Å²) in [6.45, 7) is 15.4. The SMILES string of the molecule is Cc1cc(C)c(S)c(Cc2cc(C(C)(C)C)cc(Cc3cc(C)cc(C)c3S)c2S)c1. The van der Waals surface area contributed by atoms with Crippen molar-refractivity contribution >= 4 is 37.9 Å². The standard InChI is InChI=1S/C28H34S3/c1-16-8-18(3)25(29)20(10-16)12-22-14-24(28(5,6)7)15-23(27(22)31)13-21-11-17(2)9-19(4)26(21)30/h8-11,14-15,29-31H,12-13H2,1-7H3. The second kappa shape index (κ2) is 9.29. The van der Waals surface area contributed by atoms with Gasteiger partial charge >= 0.3 is 0 Å². The molecule has 3 heteroatoms. The molecule has 0 bridgehead atoms. The summed E-state index contributed by atoms with van der Waals surface area (Å²) in [5.74, 6) is 0. The van der Waals surface area contributed by atoms with E-state index in [9.17, 15) is 0 Å². The van der Waals surface area contributed by atoms with Crippen LogP contribution in [0.15, 0.2) is 51.1 Å². The van der Waals surface area contributed by atoms with Crippen LogP contribution in [-0.2, 0) is 18.3 Å². The first-order valence-electron chi connectivity index (χ1n) is 10.8. The average Bonchev–Trinajstić information content (AvgIpc) is 2.65. The molecular weight excluding hydrogens is 433 g/mol. The molecule has 3 aromatic carbocycles. The van der Waals surface area contributed by atoms with Crippen LogP contribution in [-0.4, -0.2) is 0 Å². The maximum Gasteiger partial charge on any atom is 0.0111 e. The van der Waals surface area contributed by atoms with Gasteiger partial charge in [0.05, 0.1) is 0 Å². The van der Waals surface area contributed by atoms with Crippen molar-refractivity contribution < 1.29 is 0 Å². The maximum atomic E-state index is 5.04. The van der Waals surface area contributed by atoms with Crippen molar-refractivity contribution in [3.63, 3.8) is 0 Å². The molecule has 0 N–H and O–H groups in total. The predicted molar refractivity (Wildman–Crippen MR) is 144 cm³/mol. The molecule has 0 aliphatic carbocycles. The number of rotatable bonds is 4. The Morgan fingerprint density at radius 3 is 1.26 bits per heavy atom. The third-order valence-corrected chi connectivity index (χ3v) is 7.80. The van der Waals surface area contributed by atoms with Crippen LogP contribution in [0.5, 0.6) is 0 Å². The number of hydrogen-bond donors (Lipinski definition) is 3. The van der Waals surface area contributed by atoms with E-state index in [2.05, 4.69) is 84.9 Å². The first-order chi connectivity index (χ1) is 14.4. The summed E-state index contributed by atoms with van der Waals surface area (Å²) in [6, 6.07) is 13.6. The summed E-state index contributed by atoms with van der Waals surface area (Å²) < 4.78 is 0. The van der Waals surface area contributed by atoms with Gasteiger partial charge in [0.1, 0.15) is 0 Å². The van der Waals surface area contributed by atoms with Crippen molar-refractivity contribution in [2.45, 2.75) is 81.4 Å². The Labute approximate surface area is 205 Å². The Bertz CT molecular complexity index is 1050. The molecular formula is C28H34S3. The highest BCUT2D eigenvalue weighted by Gasteiger charge is 2.19. The van der Waals surface area contributed by atoms with Gasteiger partial charge in [0.15, 0.2) is 0 Å². The lowest BCUT2D eigenvalue weighted by molar-refractivity contribution is 0.587. The first kappa shape index (κ1) is 24.4. The van der Waals surface area contributed by atoms with Gasteiger partial charge in [0.25, 0.3) is 0 Å². The summed E-state index contributed by atoms with van der Waals surface area (Å²) in [6.07, 6.45) is 1.66. The molecule has 3 aromatic rings. The summed E-state index contributed by atoms with van der Waals surface area (Å²) in [5.41, 5.74) is 11.4. The van der Waals surface area contributed by atoms with E-state index >= 15 is 0 Å². The third-order valence-electron chi connectivity index (χ3n) is 5.94. The zero-order chi connectivity index (χ0) is 23.1. The van der Waals surface area contributed by atoms with E-state index in [1.807, 2.05) is 0 Å². The Balaban J connectivity index is 2.13. The lowest BCUT2D eigenvalue weighted by Crippen LogP contribution is -2.13. The quantitative estimate of drug-likeness (QED) is 0.317. The largest absolute Gasteiger partial charge is 0.143 e. The molecule has 0 unspecified atom stereocenters. The smallest absolute Gasteiger partial charge is 0.0111 e. The molecule has 164 valence electrons. The zero-order valence-corrected chi connectivity index (χ0v) is 22.4. The van der Waals surface area contributed by atoms with Crippen LogP contribution in [0.2, 0.25) is 0 Å². The average molecular weight is 467 g/mol. The Morgan fingerprint density at radius 2 is 0.903 bits per heavy atom. The molecule has 0 amide bonds. The second-order valence-corrected chi connectivity index (χ2v) is 11.3. The van der Waals surface area contributed by atoms with Crippen LogP contribution in [0.4, 0.5) is 0 Å². The molecule has 0 atom stereocenters. The minimum absolute atomic E-state index is 0.0591. The molecule has 31 heavy (non-hydrogen) atoms. The summed E-state index contributed by atoms with van der Waals surface area (Å²) in [5, 5.41) is 0. The van der Waals surface area contributed by atoms with Crippen LogP contribution >= 0.6 is 37.9 Å². The van der Waals surface area contributed by atoms with Crippen LogP contribution in [0.25, 0.3) is 0 Å². The van der Waals surface area contributed by atoms with Crippen molar-refractivity contribution in [2.24, 2.45) is 0 Å². The Morgan fingerprint density at radius 1 is 0.548 bits per heavy atom. The predicted octanol–water partition coefficient (Wildman–Crippen LogP) is 8.27. The highest BCUT2D eigenvalue weighted by atomic mass is 32.1. The molecule has 0 aliphatic rings. The molecule has 0 nitrogen and oxygen atoms in total. The van der Waals surface area contributed by atoms with E-state index in [0.29, 0.717) is 0 Å². The van der Waals surface area contributed by atoms with Crippen LogP contribution in [0.3, 0.4) is 0 Å². The van der Waals surface area contributed by atoms with Crippen LogP contribution < -0.4 is 0 Å². The summed E-state index contributed by atoms with van der Waals surface area (Å²) >= 11 is 14.7. The van der Waals surface area contributed by atoms with Gasteiger partial charge in [-0.2, -0.15) is 0 Å². The fourth-order valence-corrected chi connectivity index (χ4v) is 4.94. The molecule has 0 spiro atoms. The van der Waals surface area contributed by atoms with Crippen LogP contribution in [0, 0.1) is 27.7 Å². The second-order valence-electron chi connectivity index (χ2n) is 9.93. The molecule has 0 heterocycles. The minimum Gasteiger partial charge on any atom is -0.143 e. The normalized spacial score (nSPS) is 11.8. The van der Waals surface area contributed by atoms with Gasteiger partial charge in [-0.1, -0.05) is 68.3 Å². The number of aryl methyl sites for hydroxylation is 4. The van der Waals surface area contributed by atoms with Crippen molar-refractivity contribution in [3.8, 4) is 0 Å². The molecule has 0 aliphatic heterocycles. The van der Waals surface area contributed by atoms with Gasteiger partial charge in [0, 0.05) is 14.7 Å². The number of hydrogen-bond acceptors (Lipinski definition) is 3. The monoisotopic (exact) mass is 466 g/mol. The van der Waals surface area contributed by atoms with Crippen molar-refractivity contribution in [2.75, 3.05) is 0 Å². The molecule has 3 rings (SSSR count). The van der Waals surface area contributed by atoms with E-state index in [1.54, 1.807) is 0 Å². The van der Waals surface area contributed by atoms with Crippen LogP contribution in [0.1, 0.15) is 70.8 Å². The Kier molecular flexibility index (Phi) is 7.30. The molecule has 0 aromatic heterocycles.